The standard InChI is InChI=1S/C22H23N3O5S2/c1-16-8-10-17(11-9-16)23-22(26)20-6-4-5-7-21(20)24-31(27,28)18-12-14-19(15-13-18)32(29,30)25(2)3/h4-15,24H,1-3H3,(H,23,26). The zero-order valence-electron chi connectivity index (χ0n) is 17.7. The van der Waals surface area contributed by atoms with Crippen molar-refractivity contribution in [3.8, 4) is 0 Å². The van der Waals surface area contributed by atoms with Gasteiger partial charge in [-0.25, -0.2) is 21.1 Å². The Bertz CT molecular complexity index is 1330. The number of para-hydroxylation sites is 1. The van der Waals surface area contributed by atoms with Gasteiger partial charge in [-0.05, 0) is 55.5 Å². The lowest BCUT2D eigenvalue weighted by Gasteiger charge is -2.14. The summed E-state index contributed by atoms with van der Waals surface area (Å²) in [6, 6.07) is 18.3. The van der Waals surface area contributed by atoms with Crippen LogP contribution in [-0.4, -0.2) is 41.1 Å². The number of sulfonamides is 2. The SMILES string of the molecule is Cc1ccc(NC(=O)c2ccccc2NS(=O)(=O)c2ccc(S(=O)(=O)N(C)C)cc2)cc1. The summed E-state index contributed by atoms with van der Waals surface area (Å²) in [5.41, 5.74) is 1.86. The number of carbonyl (C=O) groups excluding carboxylic acids is 1. The molecule has 0 aliphatic rings. The summed E-state index contributed by atoms with van der Waals surface area (Å²) in [5, 5.41) is 2.74. The van der Waals surface area contributed by atoms with Crippen LogP contribution in [0.1, 0.15) is 15.9 Å². The smallest absolute Gasteiger partial charge is 0.261 e. The van der Waals surface area contributed by atoms with Gasteiger partial charge in [0.1, 0.15) is 0 Å². The van der Waals surface area contributed by atoms with Crippen molar-refractivity contribution in [1.82, 2.24) is 4.31 Å². The number of hydrogen-bond donors (Lipinski definition) is 2. The summed E-state index contributed by atoms with van der Waals surface area (Å²) in [5.74, 6) is -0.473. The van der Waals surface area contributed by atoms with Gasteiger partial charge in [0.25, 0.3) is 15.9 Å². The molecule has 0 saturated carbocycles. The molecular weight excluding hydrogens is 450 g/mol. The average Bonchev–Trinajstić information content (AvgIpc) is 2.75. The predicted octanol–water partition coefficient (Wildman–Crippen LogP) is 3.30. The second-order valence-corrected chi connectivity index (χ2v) is 11.1. The van der Waals surface area contributed by atoms with E-state index in [0.717, 1.165) is 9.87 Å². The summed E-state index contributed by atoms with van der Waals surface area (Å²) in [4.78, 5) is 12.6. The van der Waals surface area contributed by atoms with Crippen LogP contribution in [0, 0.1) is 6.92 Å². The normalized spacial score (nSPS) is 11.9. The molecule has 1 amide bonds. The number of nitrogens with one attached hydrogen (secondary N) is 2. The minimum atomic E-state index is -4.07. The summed E-state index contributed by atoms with van der Waals surface area (Å²) in [7, 11) is -4.97. The largest absolute Gasteiger partial charge is 0.322 e. The van der Waals surface area contributed by atoms with Crippen molar-refractivity contribution in [2.45, 2.75) is 16.7 Å². The van der Waals surface area contributed by atoms with Crippen molar-refractivity contribution < 1.29 is 21.6 Å². The van der Waals surface area contributed by atoms with Crippen LogP contribution in [0.25, 0.3) is 0 Å². The first kappa shape index (κ1) is 23.5. The molecule has 0 fully saturated rings. The Hall–Kier alpha value is -3.21. The summed E-state index contributed by atoms with van der Waals surface area (Å²) < 4.78 is 53.6. The molecule has 3 aromatic rings. The maximum atomic E-state index is 12.9. The van der Waals surface area contributed by atoms with Crippen LogP contribution in [0.5, 0.6) is 0 Å². The minimum absolute atomic E-state index is 0.0284. The molecule has 0 radical (unpaired) electrons. The topological polar surface area (TPSA) is 113 Å². The molecule has 0 aliphatic carbocycles. The minimum Gasteiger partial charge on any atom is -0.322 e. The molecule has 8 nitrogen and oxygen atoms in total. The van der Waals surface area contributed by atoms with Crippen LogP contribution in [0.15, 0.2) is 82.6 Å². The first-order chi connectivity index (χ1) is 15.0. The number of carbonyl (C=O) groups is 1. The molecule has 0 atom stereocenters. The van der Waals surface area contributed by atoms with Crippen molar-refractivity contribution in [3.63, 3.8) is 0 Å². The Labute approximate surface area is 188 Å². The molecule has 0 saturated heterocycles. The van der Waals surface area contributed by atoms with Crippen LogP contribution in [0.4, 0.5) is 11.4 Å². The van der Waals surface area contributed by atoms with Gasteiger partial charge in [0.15, 0.2) is 0 Å². The molecule has 3 rings (SSSR count). The summed E-state index contributed by atoms with van der Waals surface area (Å²) >= 11 is 0. The molecule has 0 heterocycles. The number of anilines is 2. The van der Waals surface area contributed by atoms with Crippen LogP contribution in [-0.2, 0) is 20.0 Å². The number of aryl methyl sites for hydroxylation is 1. The number of rotatable bonds is 7. The lowest BCUT2D eigenvalue weighted by atomic mass is 10.1. The Balaban J connectivity index is 1.85. The number of hydrogen-bond acceptors (Lipinski definition) is 5. The van der Waals surface area contributed by atoms with Gasteiger partial charge in [-0.1, -0.05) is 29.8 Å². The maximum Gasteiger partial charge on any atom is 0.261 e. The van der Waals surface area contributed by atoms with E-state index in [1.165, 1.54) is 50.5 Å². The molecule has 168 valence electrons. The monoisotopic (exact) mass is 473 g/mol. The van der Waals surface area contributed by atoms with Crippen LogP contribution >= 0.6 is 0 Å². The Morgan fingerprint density at radius 1 is 0.781 bits per heavy atom. The molecule has 32 heavy (non-hydrogen) atoms. The van der Waals surface area contributed by atoms with Gasteiger partial charge in [-0.3, -0.25) is 9.52 Å². The van der Waals surface area contributed by atoms with Crippen LogP contribution in [0.3, 0.4) is 0 Å². The lowest BCUT2D eigenvalue weighted by molar-refractivity contribution is 0.102. The fourth-order valence-corrected chi connectivity index (χ4v) is 4.79. The zero-order valence-corrected chi connectivity index (χ0v) is 19.4. The van der Waals surface area contributed by atoms with Gasteiger partial charge in [-0.15, -0.1) is 0 Å². The highest BCUT2D eigenvalue weighted by Gasteiger charge is 2.21. The number of amides is 1. The molecule has 0 spiro atoms. The van der Waals surface area contributed by atoms with Crippen LogP contribution in [0.2, 0.25) is 0 Å². The van der Waals surface area contributed by atoms with Crippen molar-refractivity contribution >= 4 is 37.3 Å². The highest BCUT2D eigenvalue weighted by Crippen LogP contribution is 2.23. The number of nitrogens with zero attached hydrogens (tertiary/aromatic N) is 1. The van der Waals surface area contributed by atoms with Crippen molar-refractivity contribution in [3.05, 3.63) is 83.9 Å². The maximum absolute atomic E-state index is 12.9. The van der Waals surface area contributed by atoms with E-state index in [-0.39, 0.29) is 21.0 Å². The predicted molar refractivity (Wildman–Crippen MR) is 124 cm³/mol. The third kappa shape index (κ3) is 5.16. The molecule has 0 unspecified atom stereocenters. The van der Waals surface area contributed by atoms with Gasteiger partial charge < -0.3 is 5.32 Å². The second-order valence-electron chi connectivity index (χ2n) is 7.23. The molecule has 10 heteroatoms. The summed E-state index contributed by atoms with van der Waals surface area (Å²) in [6.07, 6.45) is 0. The Kier molecular flexibility index (Phi) is 6.68. The molecule has 2 N–H and O–H groups in total. The number of benzene rings is 3. The van der Waals surface area contributed by atoms with Gasteiger partial charge in [0.2, 0.25) is 10.0 Å². The Morgan fingerprint density at radius 3 is 1.94 bits per heavy atom. The highest BCUT2D eigenvalue weighted by molar-refractivity contribution is 7.92. The average molecular weight is 474 g/mol. The first-order valence-electron chi connectivity index (χ1n) is 9.53. The van der Waals surface area contributed by atoms with E-state index < -0.39 is 26.0 Å². The summed E-state index contributed by atoms with van der Waals surface area (Å²) in [6.45, 7) is 1.93. The van der Waals surface area contributed by atoms with E-state index in [0.29, 0.717) is 5.69 Å². The van der Waals surface area contributed by atoms with Crippen molar-refractivity contribution in [2.24, 2.45) is 0 Å². The van der Waals surface area contributed by atoms with E-state index in [9.17, 15) is 21.6 Å². The van der Waals surface area contributed by atoms with Crippen molar-refractivity contribution in [1.29, 1.82) is 0 Å². The molecule has 0 aromatic heterocycles. The van der Waals surface area contributed by atoms with E-state index in [2.05, 4.69) is 10.0 Å². The quantitative estimate of drug-likeness (QED) is 0.547. The molecule has 0 aliphatic heterocycles. The molecule has 0 bridgehead atoms. The third-order valence-corrected chi connectivity index (χ3v) is 7.85. The van der Waals surface area contributed by atoms with Crippen LogP contribution < -0.4 is 10.0 Å². The van der Waals surface area contributed by atoms with Gasteiger partial charge in [0, 0.05) is 19.8 Å². The van der Waals surface area contributed by atoms with Crippen molar-refractivity contribution in [2.75, 3.05) is 24.1 Å². The third-order valence-electron chi connectivity index (χ3n) is 4.64. The second kappa shape index (κ2) is 9.11. The molecular formula is C22H23N3O5S2. The van der Waals surface area contributed by atoms with E-state index in [1.807, 2.05) is 19.1 Å². The highest BCUT2D eigenvalue weighted by atomic mass is 32.2. The zero-order chi connectivity index (χ0) is 23.5. The van der Waals surface area contributed by atoms with Gasteiger partial charge in [-0.2, -0.15) is 0 Å². The van der Waals surface area contributed by atoms with E-state index in [4.69, 9.17) is 0 Å². The van der Waals surface area contributed by atoms with Gasteiger partial charge >= 0.3 is 0 Å². The molecule has 3 aromatic carbocycles. The van der Waals surface area contributed by atoms with E-state index in [1.54, 1.807) is 24.3 Å². The fourth-order valence-electron chi connectivity index (χ4n) is 2.81. The van der Waals surface area contributed by atoms with E-state index >= 15 is 0 Å². The Morgan fingerprint density at radius 2 is 1.34 bits per heavy atom. The van der Waals surface area contributed by atoms with Gasteiger partial charge in [0.05, 0.1) is 21.0 Å². The lowest BCUT2D eigenvalue weighted by Crippen LogP contribution is -2.22. The fraction of sp³-hybridized carbons (Fsp3) is 0.136. The first-order valence-corrected chi connectivity index (χ1v) is 12.5.